The van der Waals surface area contributed by atoms with Gasteiger partial charge in [-0.2, -0.15) is 0 Å². The SMILES string of the molecule is CCC(=O)c1ccc2c(c1)N(CCC(=O)O)C(=O)CO2. The van der Waals surface area contributed by atoms with Crippen molar-refractivity contribution in [2.75, 3.05) is 18.1 Å². The number of carbonyl (C=O) groups excluding carboxylic acids is 2. The molecule has 1 aromatic rings. The number of rotatable bonds is 5. The Hall–Kier alpha value is -2.37. The van der Waals surface area contributed by atoms with Crippen LogP contribution in [-0.4, -0.2) is 35.9 Å². The van der Waals surface area contributed by atoms with E-state index >= 15 is 0 Å². The molecule has 0 spiro atoms. The van der Waals surface area contributed by atoms with Crippen molar-refractivity contribution in [2.24, 2.45) is 0 Å². The normalized spacial score (nSPS) is 13.7. The highest BCUT2D eigenvalue weighted by Crippen LogP contribution is 2.33. The summed E-state index contributed by atoms with van der Waals surface area (Å²) in [7, 11) is 0. The zero-order valence-corrected chi connectivity index (χ0v) is 11.1. The van der Waals surface area contributed by atoms with E-state index in [1.165, 1.54) is 4.90 Å². The van der Waals surface area contributed by atoms with Crippen LogP contribution in [0.15, 0.2) is 18.2 Å². The highest BCUT2D eigenvalue weighted by atomic mass is 16.5. The molecule has 0 aliphatic carbocycles. The van der Waals surface area contributed by atoms with E-state index in [9.17, 15) is 14.4 Å². The number of Topliss-reactive ketones (excluding diaryl/α,β-unsaturated/α-hetero) is 1. The first-order chi connectivity index (χ1) is 9.52. The van der Waals surface area contributed by atoms with Crippen LogP contribution < -0.4 is 9.64 Å². The van der Waals surface area contributed by atoms with E-state index in [-0.39, 0.29) is 31.3 Å². The van der Waals surface area contributed by atoms with Gasteiger partial charge in [-0.15, -0.1) is 0 Å². The summed E-state index contributed by atoms with van der Waals surface area (Å²) in [6.45, 7) is 1.70. The van der Waals surface area contributed by atoms with Crippen LogP contribution >= 0.6 is 0 Å². The van der Waals surface area contributed by atoms with Crippen LogP contribution in [0.1, 0.15) is 30.1 Å². The number of ketones is 1. The van der Waals surface area contributed by atoms with Crippen LogP contribution in [0.3, 0.4) is 0 Å². The van der Waals surface area contributed by atoms with E-state index < -0.39 is 5.97 Å². The van der Waals surface area contributed by atoms with Crippen molar-refractivity contribution >= 4 is 23.3 Å². The molecule has 1 aromatic carbocycles. The third-order valence-electron chi connectivity index (χ3n) is 3.09. The van der Waals surface area contributed by atoms with Gasteiger partial charge in [-0.3, -0.25) is 14.4 Å². The van der Waals surface area contributed by atoms with Crippen LogP contribution in [-0.2, 0) is 9.59 Å². The molecule has 6 heteroatoms. The van der Waals surface area contributed by atoms with E-state index in [4.69, 9.17) is 9.84 Å². The first-order valence-corrected chi connectivity index (χ1v) is 6.35. The highest BCUT2D eigenvalue weighted by Gasteiger charge is 2.26. The number of hydrogen-bond donors (Lipinski definition) is 1. The second-order valence-electron chi connectivity index (χ2n) is 4.44. The number of ether oxygens (including phenoxy) is 1. The van der Waals surface area contributed by atoms with Crippen LogP contribution in [0.4, 0.5) is 5.69 Å². The minimum Gasteiger partial charge on any atom is -0.482 e. The van der Waals surface area contributed by atoms with Crippen LogP contribution in [0, 0.1) is 0 Å². The lowest BCUT2D eigenvalue weighted by atomic mass is 10.1. The predicted molar refractivity (Wildman–Crippen MR) is 71.2 cm³/mol. The van der Waals surface area contributed by atoms with Gasteiger partial charge in [-0.05, 0) is 18.2 Å². The van der Waals surface area contributed by atoms with Crippen LogP contribution in [0.25, 0.3) is 0 Å². The molecule has 0 saturated heterocycles. The number of carboxylic acids is 1. The van der Waals surface area contributed by atoms with Gasteiger partial charge in [0.25, 0.3) is 5.91 Å². The number of carboxylic acid groups (broad SMARTS) is 1. The Balaban J connectivity index is 2.34. The quantitative estimate of drug-likeness (QED) is 0.824. The molecule has 0 fully saturated rings. The van der Waals surface area contributed by atoms with Crippen molar-refractivity contribution in [1.82, 2.24) is 0 Å². The van der Waals surface area contributed by atoms with E-state index in [1.807, 2.05) is 0 Å². The molecular weight excluding hydrogens is 262 g/mol. The van der Waals surface area contributed by atoms with Gasteiger partial charge in [0.05, 0.1) is 12.1 Å². The summed E-state index contributed by atoms with van der Waals surface area (Å²) in [5.74, 6) is -0.835. The maximum Gasteiger partial charge on any atom is 0.305 e. The standard InChI is InChI=1S/C14H15NO5/c1-2-11(16)9-3-4-12-10(7-9)15(6-5-14(18)19)13(17)8-20-12/h3-4,7H,2,5-6,8H2,1H3,(H,18,19). The molecular formula is C14H15NO5. The Morgan fingerprint density at radius 1 is 1.40 bits per heavy atom. The molecule has 0 bridgehead atoms. The summed E-state index contributed by atoms with van der Waals surface area (Å²) in [4.78, 5) is 35.6. The highest BCUT2D eigenvalue weighted by molar-refractivity contribution is 6.02. The van der Waals surface area contributed by atoms with Gasteiger partial charge < -0.3 is 14.7 Å². The fourth-order valence-corrected chi connectivity index (χ4v) is 2.03. The lowest BCUT2D eigenvalue weighted by molar-refractivity contribution is -0.136. The average molecular weight is 277 g/mol. The minimum atomic E-state index is -0.980. The Labute approximate surface area is 115 Å². The monoisotopic (exact) mass is 277 g/mol. The van der Waals surface area contributed by atoms with Crippen LogP contribution in [0.5, 0.6) is 5.75 Å². The minimum absolute atomic E-state index is 0.0380. The lowest BCUT2D eigenvalue weighted by Gasteiger charge is -2.29. The molecule has 1 heterocycles. The second kappa shape index (κ2) is 5.73. The van der Waals surface area contributed by atoms with E-state index in [0.29, 0.717) is 23.4 Å². The van der Waals surface area contributed by atoms with Crippen molar-refractivity contribution in [1.29, 1.82) is 0 Å². The Bertz CT molecular complexity index is 567. The van der Waals surface area contributed by atoms with Gasteiger partial charge in [-0.25, -0.2) is 0 Å². The Morgan fingerprint density at radius 3 is 2.80 bits per heavy atom. The van der Waals surface area contributed by atoms with Gasteiger partial charge in [0.1, 0.15) is 5.75 Å². The van der Waals surface area contributed by atoms with Crippen molar-refractivity contribution in [2.45, 2.75) is 19.8 Å². The summed E-state index contributed by atoms with van der Waals surface area (Å²) in [5.41, 5.74) is 0.951. The number of carbonyl (C=O) groups is 3. The summed E-state index contributed by atoms with van der Waals surface area (Å²) >= 11 is 0. The summed E-state index contributed by atoms with van der Waals surface area (Å²) in [6.07, 6.45) is 0.208. The number of anilines is 1. The largest absolute Gasteiger partial charge is 0.482 e. The third kappa shape index (κ3) is 2.79. The number of amides is 1. The molecule has 0 aromatic heterocycles. The van der Waals surface area contributed by atoms with Gasteiger partial charge in [0.15, 0.2) is 12.4 Å². The number of aliphatic carboxylic acids is 1. The molecule has 1 aliphatic heterocycles. The number of hydrogen-bond acceptors (Lipinski definition) is 4. The zero-order chi connectivity index (χ0) is 14.7. The van der Waals surface area contributed by atoms with Gasteiger partial charge in [0, 0.05) is 18.5 Å². The molecule has 1 amide bonds. The first kappa shape index (κ1) is 14.0. The fourth-order valence-electron chi connectivity index (χ4n) is 2.03. The zero-order valence-electron chi connectivity index (χ0n) is 11.1. The molecule has 2 rings (SSSR count). The molecule has 0 atom stereocenters. The summed E-state index contributed by atoms with van der Waals surface area (Å²) < 4.78 is 5.29. The predicted octanol–water partition coefficient (Wildman–Crippen LogP) is 1.48. The molecule has 0 unspecified atom stereocenters. The molecule has 1 aliphatic rings. The second-order valence-corrected chi connectivity index (χ2v) is 4.44. The molecule has 106 valence electrons. The Morgan fingerprint density at radius 2 is 2.15 bits per heavy atom. The molecule has 0 radical (unpaired) electrons. The number of benzene rings is 1. The lowest BCUT2D eigenvalue weighted by Crippen LogP contribution is -2.40. The summed E-state index contributed by atoms with van der Waals surface area (Å²) in [5, 5.41) is 8.74. The van der Waals surface area contributed by atoms with Crippen molar-refractivity contribution < 1.29 is 24.2 Å². The summed E-state index contributed by atoms with van der Waals surface area (Å²) in [6, 6.07) is 4.87. The number of nitrogens with zero attached hydrogens (tertiary/aromatic N) is 1. The van der Waals surface area contributed by atoms with Gasteiger partial charge in [-0.1, -0.05) is 6.92 Å². The van der Waals surface area contributed by atoms with Crippen LogP contribution in [0.2, 0.25) is 0 Å². The topological polar surface area (TPSA) is 83.9 Å². The Kier molecular flexibility index (Phi) is 4.02. The van der Waals surface area contributed by atoms with E-state index in [1.54, 1.807) is 25.1 Å². The molecule has 0 saturated carbocycles. The van der Waals surface area contributed by atoms with Crippen molar-refractivity contribution in [3.8, 4) is 5.75 Å². The fraction of sp³-hybridized carbons (Fsp3) is 0.357. The van der Waals surface area contributed by atoms with Crippen molar-refractivity contribution in [3.05, 3.63) is 23.8 Å². The van der Waals surface area contributed by atoms with Gasteiger partial charge in [0.2, 0.25) is 0 Å². The average Bonchev–Trinajstić information content (AvgIpc) is 2.44. The van der Waals surface area contributed by atoms with E-state index in [2.05, 4.69) is 0 Å². The molecule has 1 N–H and O–H groups in total. The third-order valence-corrected chi connectivity index (χ3v) is 3.09. The maximum absolute atomic E-state index is 11.8. The first-order valence-electron chi connectivity index (χ1n) is 6.35. The number of fused-ring (bicyclic) bond motifs is 1. The van der Waals surface area contributed by atoms with Gasteiger partial charge >= 0.3 is 5.97 Å². The van der Waals surface area contributed by atoms with Crippen molar-refractivity contribution in [3.63, 3.8) is 0 Å². The molecule has 6 nitrogen and oxygen atoms in total. The smallest absolute Gasteiger partial charge is 0.305 e. The molecule has 20 heavy (non-hydrogen) atoms. The van der Waals surface area contributed by atoms with E-state index in [0.717, 1.165) is 0 Å². The maximum atomic E-state index is 11.8.